The molecule has 3 N–H and O–H groups in total. The number of halogens is 1. The van der Waals surface area contributed by atoms with Crippen LogP contribution in [0.3, 0.4) is 0 Å². The second-order valence-corrected chi connectivity index (χ2v) is 3.12. The molecule has 0 spiro atoms. The molecule has 1 rings (SSSR count). The molecule has 0 aliphatic carbocycles. The fourth-order valence-electron chi connectivity index (χ4n) is 1.31. The van der Waals surface area contributed by atoms with Gasteiger partial charge in [-0.3, -0.25) is 0 Å². The number of hydrogen-bond acceptors (Lipinski definition) is 4. The average Bonchev–Trinajstić information content (AvgIpc) is 2.21. The molecule has 0 aromatic heterocycles. The van der Waals surface area contributed by atoms with Gasteiger partial charge in [-0.25, -0.2) is 4.39 Å². The quantitative estimate of drug-likeness (QED) is 0.695. The van der Waals surface area contributed by atoms with Crippen molar-refractivity contribution in [2.24, 2.45) is 0 Å². The van der Waals surface area contributed by atoms with Gasteiger partial charge in [0.25, 0.3) is 0 Å². The topological polar surface area (TPSA) is 61.7 Å². The zero-order valence-electron chi connectivity index (χ0n) is 8.62. The Hall–Kier alpha value is -1.33. The SMILES string of the molecule is CNCC(O)c1cc(F)cc(OC)c1O. The lowest BCUT2D eigenvalue weighted by Crippen LogP contribution is -2.17. The lowest BCUT2D eigenvalue weighted by Gasteiger charge is -2.14. The summed E-state index contributed by atoms with van der Waals surface area (Å²) in [7, 11) is 2.97. The number of aliphatic hydroxyl groups excluding tert-OH is 1. The molecule has 0 saturated heterocycles. The highest BCUT2D eigenvalue weighted by Gasteiger charge is 2.16. The number of aromatic hydroxyl groups is 1. The van der Waals surface area contributed by atoms with Gasteiger partial charge < -0.3 is 20.3 Å². The van der Waals surface area contributed by atoms with Gasteiger partial charge in [-0.2, -0.15) is 0 Å². The number of phenolic OH excluding ortho intramolecular Hbond substituents is 1. The minimum Gasteiger partial charge on any atom is -0.504 e. The average molecular weight is 215 g/mol. The fraction of sp³-hybridized carbons (Fsp3) is 0.400. The number of nitrogens with one attached hydrogen (secondary N) is 1. The molecule has 0 saturated carbocycles. The molecule has 5 heteroatoms. The van der Waals surface area contributed by atoms with Crippen molar-refractivity contribution in [1.29, 1.82) is 0 Å². The number of hydrogen-bond donors (Lipinski definition) is 3. The normalized spacial score (nSPS) is 12.5. The summed E-state index contributed by atoms with van der Waals surface area (Å²) < 4.78 is 17.8. The number of rotatable bonds is 4. The van der Waals surface area contributed by atoms with Crippen molar-refractivity contribution < 1.29 is 19.3 Å². The molecule has 0 heterocycles. The van der Waals surface area contributed by atoms with Crippen LogP contribution in [0.2, 0.25) is 0 Å². The summed E-state index contributed by atoms with van der Waals surface area (Å²) in [5, 5.41) is 22.0. The van der Waals surface area contributed by atoms with E-state index >= 15 is 0 Å². The van der Waals surface area contributed by atoms with E-state index in [1.165, 1.54) is 7.11 Å². The molecule has 0 fully saturated rings. The van der Waals surface area contributed by atoms with E-state index in [0.29, 0.717) is 0 Å². The summed E-state index contributed by atoms with van der Waals surface area (Å²) in [6.45, 7) is 0.222. The van der Waals surface area contributed by atoms with E-state index in [4.69, 9.17) is 4.74 Å². The van der Waals surface area contributed by atoms with Crippen LogP contribution in [0, 0.1) is 5.82 Å². The number of benzene rings is 1. The molecule has 0 amide bonds. The van der Waals surface area contributed by atoms with Crippen molar-refractivity contribution in [3.63, 3.8) is 0 Å². The summed E-state index contributed by atoms with van der Waals surface area (Å²) in [6, 6.07) is 2.14. The van der Waals surface area contributed by atoms with Crippen LogP contribution in [0.4, 0.5) is 4.39 Å². The van der Waals surface area contributed by atoms with Gasteiger partial charge in [-0.1, -0.05) is 0 Å². The molecular weight excluding hydrogens is 201 g/mol. The minimum atomic E-state index is -0.973. The summed E-state index contributed by atoms with van der Waals surface area (Å²) in [5.74, 6) is -0.781. The summed E-state index contributed by atoms with van der Waals surface area (Å²) in [6.07, 6.45) is -0.973. The van der Waals surface area contributed by atoms with E-state index in [9.17, 15) is 14.6 Å². The molecule has 1 aromatic carbocycles. The predicted octanol–water partition coefficient (Wildman–Crippen LogP) is 0.793. The molecule has 4 nitrogen and oxygen atoms in total. The molecule has 1 aromatic rings. The maximum absolute atomic E-state index is 13.1. The van der Waals surface area contributed by atoms with Gasteiger partial charge in [0.05, 0.1) is 13.2 Å². The number of phenols is 1. The van der Waals surface area contributed by atoms with Crippen molar-refractivity contribution in [2.75, 3.05) is 20.7 Å². The highest BCUT2D eigenvalue weighted by atomic mass is 19.1. The molecule has 15 heavy (non-hydrogen) atoms. The van der Waals surface area contributed by atoms with Crippen LogP contribution in [-0.2, 0) is 0 Å². The van der Waals surface area contributed by atoms with Gasteiger partial charge in [0.1, 0.15) is 5.82 Å². The van der Waals surface area contributed by atoms with Crippen molar-refractivity contribution in [2.45, 2.75) is 6.10 Å². The fourth-order valence-corrected chi connectivity index (χ4v) is 1.31. The van der Waals surface area contributed by atoms with E-state index < -0.39 is 11.9 Å². The Morgan fingerprint density at radius 3 is 2.73 bits per heavy atom. The molecule has 0 aliphatic rings. The maximum atomic E-state index is 13.1. The summed E-state index contributed by atoms with van der Waals surface area (Å²) in [5.41, 5.74) is 0.112. The minimum absolute atomic E-state index is 0.0140. The number of methoxy groups -OCH3 is 1. The van der Waals surface area contributed by atoms with Crippen molar-refractivity contribution in [3.05, 3.63) is 23.5 Å². The number of ether oxygens (including phenoxy) is 1. The number of aliphatic hydroxyl groups is 1. The van der Waals surface area contributed by atoms with Crippen LogP contribution in [0.1, 0.15) is 11.7 Å². The Kier molecular flexibility index (Phi) is 3.88. The van der Waals surface area contributed by atoms with E-state index in [1.807, 2.05) is 0 Å². The van der Waals surface area contributed by atoms with E-state index in [-0.39, 0.29) is 23.6 Å². The molecule has 1 atom stereocenters. The van der Waals surface area contributed by atoms with E-state index in [0.717, 1.165) is 12.1 Å². The van der Waals surface area contributed by atoms with E-state index in [2.05, 4.69) is 5.32 Å². The first-order chi connectivity index (χ1) is 7.10. The van der Waals surface area contributed by atoms with Gasteiger partial charge >= 0.3 is 0 Å². The van der Waals surface area contributed by atoms with Crippen molar-refractivity contribution >= 4 is 0 Å². The van der Waals surface area contributed by atoms with Crippen LogP contribution in [0.5, 0.6) is 11.5 Å². The zero-order valence-corrected chi connectivity index (χ0v) is 8.62. The molecule has 0 bridgehead atoms. The van der Waals surface area contributed by atoms with Crippen molar-refractivity contribution in [3.8, 4) is 11.5 Å². The largest absolute Gasteiger partial charge is 0.504 e. The third kappa shape index (κ3) is 2.57. The van der Waals surface area contributed by atoms with Gasteiger partial charge in [-0.15, -0.1) is 0 Å². The van der Waals surface area contributed by atoms with Crippen molar-refractivity contribution in [1.82, 2.24) is 5.32 Å². The summed E-state index contributed by atoms with van der Waals surface area (Å²) in [4.78, 5) is 0. The lowest BCUT2D eigenvalue weighted by molar-refractivity contribution is 0.172. The first-order valence-electron chi connectivity index (χ1n) is 4.49. The number of likely N-dealkylation sites (N-methyl/N-ethyl adjacent to an activating group) is 1. The van der Waals surface area contributed by atoms with Gasteiger partial charge in [0.15, 0.2) is 11.5 Å². The van der Waals surface area contributed by atoms with Crippen LogP contribution in [0.25, 0.3) is 0 Å². The smallest absolute Gasteiger partial charge is 0.163 e. The van der Waals surface area contributed by atoms with Gasteiger partial charge in [0.2, 0.25) is 0 Å². The van der Waals surface area contributed by atoms with Crippen LogP contribution < -0.4 is 10.1 Å². The second kappa shape index (κ2) is 4.95. The Labute approximate surface area is 87.3 Å². The molecular formula is C10H14FNO3. The molecule has 1 unspecified atom stereocenters. The first-order valence-corrected chi connectivity index (χ1v) is 4.49. The highest BCUT2D eigenvalue weighted by Crippen LogP contribution is 2.34. The third-order valence-electron chi connectivity index (χ3n) is 2.05. The first kappa shape index (κ1) is 11.7. The predicted molar refractivity (Wildman–Crippen MR) is 53.5 cm³/mol. The zero-order chi connectivity index (χ0) is 11.4. The highest BCUT2D eigenvalue weighted by molar-refractivity contribution is 5.47. The Balaban J connectivity index is 3.11. The van der Waals surface area contributed by atoms with E-state index in [1.54, 1.807) is 7.05 Å². The molecule has 0 aliphatic heterocycles. The third-order valence-corrected chi connectivity index (χ3v) is 2.05. The second-order valence-electron chi connectivity index (χ2n) is 3.12. The van der Waals surface area contributed by atoms with Gasteiger partial charge in [-0.05, 0) is 13.1 Å². The maximum Gasteiger partial charge on any atom is 0.163 e. The lowest BCUT2D eigenvalue weighted by atomic mass is 10.1. The Morgan fingerprint density at radius 2 is 2.20 bits per heavy atom. The molecule has 84 valence electrons. The summed E-state index contributed by atoms with van der Waals surface area (Å²) >= 11 is 0. The van der Waals surface area contributed by atoms with Crippen LogP contribution in [0.15, 0.2) is 12.1 Å². The van der Waals surface area contributed by atoms with Crippen LogP contribution >= 0.6 is 0 Å². The monoisotopic (exact) mass is 215 g/mol. The molecule has 0 radical (unpaired) electrons. The standard InChI is InChI=1S/C10H14FNO3/c1-12-5-8(13)7-3-6(11)4-9(15-2)10(7)14/h3-4,8,12-14H,5H2,1-2H3. The van der Waals surface area contributed by atoms with Crippen LogP contribution in [-0.4, -0.2) is 30.9 Å². The van der Waals surface area contributed by atoms with Gasteiger partial charge in [0, 0.05) is 18.2 Å². The Bertz CT molecular complexity index is 344. The Morgan fingerprint density at radius 1 is 1.53 bits per heavy atom.